The molecule has 4 heteroatoms. The highest BCUT2D eigenvalue weighted by Gasteiger charge is 2.34. The van der Waals surface area contributed by atoms with E-state index in [0.717, 1.165) is 25.1 Å². The molecule has 3 N–H and O–H groups in total. The number of nitrogens with two attached hydrogens (primary N) is 1. The molecule has 0 aromatic carbocycles. The van der Waals surface area contributed by atoms with Crippen LogP contribution in [0.15, 0.2) is 24.4 Å². The van der Waals surface area contributed by atoms with Gasteiger partial charge in [-0.05, 0) is 45.4 Å². The van der Waals surface area contributed by atoms with Gasteiger partial charge in [0.25, 0.3) is 0 Å². The van der Waals surface area contributed by atoms with Crippen molar-refractivity contribution in [3.63, 3.8) is 0 Å². The third-order valence-corrected chi connectivity index (χ3v) is 3.59. The Balaban J connectivity index is 2.21. The fourth-order valence-corrected chi connectivity index (χ4v) is 2.84. The van der Waals surface area contributed by atoms with Gasteiger partial charge in [-0.15, -0.1) is 0 Å². The minimum atomic E-state index is -0.611. The van der Waals surface area contributed by atoms with Crippen LogP contribution in [0.5, 0.6) is 0 Å². The first-order valence-corrected chi connectivity index (χ1v) is 6.62. The summed E-state index contributed by atoms with van der Waals surface area (Å²) in [4.78, 5) is 6.68. The molecule has 0 radical (unpaired) electrons. The van der Waals surface area contributed by atoms with Crippen LogP contribution in [0.25, 0.3) is 0 Å². The molecular weight excluding hydrogens is 226 g/mol. The van der Waals surface area contributed by atoms with E-state index in [2.05, 4.69) is 9.88 Å². The van der Waals surface area contributed by atoms with Gasteiger partial charge in [-0.1, -0.05) is 6.07 Å². The van der Waals surface area contributed by atoms with Crippen molar-refractivity contribution < 1.29 is 5.11 Å². The molecule has 1 aliphatic heterocycles. The molecule has 0 saturated carbocycles. The Bertz CT molecular complexity index is 378. The Morgan fingerprint density at radius 1 is 1.50 bits per heavy atom. The quantitative estimate of drug-likeness (QED) is 0.848. The summed E-state index contributed by atoms with van der Waals surface area (Å²) in [6, 6.07) is 5.98. The van der Waals surface area contributed by atoms with Crippen LogP contribution in [0.4, 0.5) is 0 Å². The molecule has 1 aromatic rings. The van der Waals surface area contributed by atoms with Gasteiger partial charge in [0.05, 0.1) is 17.3 Å². The molecule has 1 aromatic heterocycles. The third-order valence-electron chi connectivity index (χ3n) is 3.59. The van der Waals surface area contributed by atoms with E-state index in [1.165, 1.54) is 0 Å². The van der Waals surface area contributed by atoms with Crippen molar-refractivity contribution in [1.29, 1.82) is 0 Å². The molecule has 0 amide bonds. The van der Waals surface area contributed by atoms with E-state index in [1.54, 1.807) is 6.20 Å². The second-order valence-corrected chi connectivity index (χ2v) is 5.63. The first kappa shape index (κ1) is 13.5. The smallest absolute Gasteiger partial charge is 0.0746 e. The van der Waals surface area contributed by atoms with Gasteiger partial charge >= 0.3 is 0 Å². The lowest BCUT2D eigenvalue weighted by Crippen LogP contribution is -2.51. The molecule has 1 saturated heterocycles. The van der Waals surface area contributed by atoms with Crippen LogP contribution in [-0.2, 0) is 0 Å². The molecule has 0 spiro atoms. The molecule has 18 heavy (non-hydrogen) atoms. The number of hydrogen-bond donors (Lipinski definition) is 2. The minimum absolute atomic E-state index is 0.00574. The van der Waals surface area contributed by atoms with Crippen molar-refractivity contribution in [3.8, 4) is 0 Å². The largest absolute Gasteiger partial charge is 0.389 e. The third kappa shape index (κ3) is 3.07. The summed E-state index contributed by atoms with van der Waals surface area (Å²) < 4.78 is 0. The normalized spacial score (nSPS) is 28.9. The van der Waals surface area contributed by atoms with Gasteiger partial charge < -0.3 is 10.8 Å². The molecule has 100 valence electrons. The molecular formula is C14H23N3O. The second-order valence-electron chi connectivity index (χ2n) is 5.63. The monoisotopic (exact) mass is 249 g/mol. The zero-order valence-corrected chi connectivity index (χ0v) is 11.2. The van der Waals surface area contributed by atoms with Gasteiger partial charge in [-0.25, -0.2) is 0 Å². The summed E-state index contributed by atoms with van der Waals surface area (Å²) in [6.07, 6.45) is 3.66. The van der Waals surface area contributed by atoms with Gasteiger partial charge in [0.1, 0.15) is 0 Å². The van der Waals surface area contributed by atoms with Crippen molar-refractivity contribution in [2.24, 2.45) is 5.73 Å². The summed E-state index contributed by atoms with van der Waals surface area (Å²) in [5, 5.41) is 10.2. The Kier molecular flexibility index (Phi) is 4.00. The van der Waals surface area contributed by atoms with Gasteiger partial charge in [0.15, 0.2) is 0 Å². The van der Waals surface area contributed by atoms with Gasteiger partial charge in [-0.2, -0.15) is 0 Å². The fraction of sp³-hybridized carbons (Fsp3) is 0.643. The lowest BCUT2D eigenvalue weighted by atomic mass is 9.92. The van der Waals surface area contributed by atoms with E-state index in [9.17, 15) is 5.11 Å². The number of hydrogen-bond acceptors (Lipinski definition) is 4. The van der Waals surface area contributed by atoms with Crippen molar-refractivity contribution in [2.45, 2.75) is 44.4 Å². The van der Waals surface area contributed by atoms with Crippen molar-refractivity contribution in [1.82, 2.24) is 9.88 Å². The topological polar surface area (TPSA) is 62.4 Å². The van der Waals surface area contributed by atoms with Gasteiger partial charge in [0, 0.05) is 18.8 Å². The lowest BCUT2D eigenvalue weighted by Gasteiger charge is -2.42. The molecule has 1 fully saturated rings. The predicted octanol–water partition coefficient (Wildman–Crippen LogP) is 1.32. The molecule has 0 bridgehead atoms. The van der Waals surface area contributed by atoms with Crippen LogP contribution < -0.4 is 5.73 Å². The van der Waals surface area contributed by atoms with Crippen LogP contribution in [0.3, 0.4) is 0 Å². The maximum absolute atomic E-state index is 10.2. The van der Waals surface area contributed by atoms with Crippen LogP contribution in [0.2, 0.25) is 0 Å². The summed E-state index contributed by atoms with van der Waals surface area (Å²) in [6.45, 7) is 5.53. The van der Waals surface area contributed by atoms with Crippen LogP contribution in [-0.4, -0.2) is 39.7 Å². The Morgan fingerprint density at radius 2 is 2.28 bits per heavy atom. The standard InChI is InChI=1S/C14H23N3O/c1-11(15)13(12-6-3-4-8-16-12)17-9-5-7-14(2,18)10-17/h3-4,6,8,11,13,18H,5,7,9-10,15H2,1-2H3. The molecule has 3 atom stereocenters. The van der Waals surface area contributed by atoms with Crippen molar-refractivity contribution in [3.05, 3.63) is 30.1 Å². The van der Waals surface area contributed by atoms with E-state index in [4.69, 9.17) is 5.73 Å². The van der Waals surface area contributed by atoms with E-state index >= 15 is 0 Å². The first-order chi connectivity index (χ1) is 8.49. The number of pyridine rings is 1. The number of β-amino-alcohol motifs (C(OH)–C–C–N with tert-alkyl or cyclic N) is 1. The highest BCUT2D eigenvalue weighted by atomic mass is 16.3. The van der Waals surface area contributed by atoms with E-state index in [0.29, 0.717) is 6.54 Å². The summed E-state index contributed by atoms with van der Waals surface area (Å²) in [7, 11) is 0. The van der Waals surface area contributed by atoms with Crippen LogP contribution in [0.1, 0.15) is 38.4 Å². The SMILES string of the molecule is CC(N)C(c1ccccn1)N1CCCC(C)(O)C1. The maximum Gasteiger partial charge on any atom is 0.0746 e. The highest BCUT2D eigenvalue weighted by Crippen LogP contribution is 2.29. The highest BCUT2D eigenvalue weighted by molar-refractivity contribution is 5.12. The zero-order chi connectivity index (χ0) is 13.2. The number of piperidine rings is 1. The average molecular weight is 249 g/mol. The number of likely N-dealkylation sites (tertiary alicyclic amines) is 1. The molecule has 2 rings (SSSR count). The Hall–Kier alpha value is -0.970. The summed E-state index contributed by atoms with van der Waals surface area (Å²) in [5.74, 6) is 0. The van der Waals surface area contributed by atoms with Crippen molar-refractivity contribution >= 4 is 0 Å². The number of nitrogens with zero attached hydrogens (tertiary/aromatic N) is 2. The molecule has 4 nitrogen and oxygen atoms in total. The number of rotatable bonds is 3. The van der Waals surface area contributed by atoms with E-state index in [-0.39, 0.29) is 12.1 Å². The van der Waals surface area contributed by atoms with E-state index < -0.39 is 5.60 Å². The number of aromatic nitrogens is 1. The van der Waals surface area contributed by atoms with Crippen molar-refractivity contribution in [2.75, 3.05) is 13.1 Å². The molecule has 0 aliphatic carbocycles. The Labute approximate surface area is 109 Å². The maximum atomic E-state index is 10.2. The molecule has 1 aliphatic rings. The molecule has 2 heterocycles. The molecule has 3 unspecified atom stereocenters. The average Bonchev–Trinajstić information content (AvgIpc) is 2.28. The van der Waals surface area contributed by atoms with E-state index in [1.807, 2.05) is 32.0 Å². The van der Waals surface area contributed by atoms with Crippen LogP contribution >= 0.6 is 0 Å². The number of aliphatic hydroxyl groups is 1. The van der Waals surface area contributed by atoms with Crippen LogP contribution in [0, 0.1) is 0 Å². The summed E-state index contributed by atoms with van der Waals surface area (Å²) in [5.41, 5.74) is 6.50. The Morgan fingerprint density at radius 3 is 2.83 bits per heavy atom. The lowest BCUT2D eigenvalue weighted by molar-refractivity contribution is -0.0339. The zero-order valence-electron chi connectivity index (χ0n) is 11.2. The van der Waals surface area contributed by atoms with Gasteiger partial charge in [-0.3, -0.25) is 9.88 Å². The minimum Gasteiger partial charge on any atom is -0.389 e. The summed E-state index contributed by atoms with van der Waals surface area (Å²) >= 11 is 0. The first-order valence-electron chi connectivity index (χ1n) is 6.62. The predicted molar refractivity (Wildman–Crippen MR) is 72.1 cm³/mol. The fourth-order valence-electron chi connectivity index (χ4n) is 2.84. The second kappa shape index (κ2) is 5.34. The van der Waals surface area contributed by atoms with Gasteiger partial charge in [0.2, 0.25) is 0 Å².